The van der Waals surface area contributed by atoms with E-state index in [1.807, 2.05) is 0 Å². The van der Waals surface area contributed by atoms with Crippen LogP contribution >= 0.6 is 0 Å². The van der Waals surface area contributed by atoms with Gasteiger partial charge in [0.25, 0.3) is 0 Å². The number of ketones is 1. The SMILES string of the molecule is CCCCN(CC(=O)c1ccc(O)cc1)C1CC1. The molecule has 1 N–H and O–H groups in total. The first-order chi connectivity index (χ1) is 8.70. The summed E-state index contributed by atoms with van der Waals surface area (Å²) in [6.45, 7) is 3.70. The molecule has 0 bridgehead atoms. The zero-order chi connectivity index (χ0) is 13.0. The first kappa shape index (κ1) is 13.1. The van der Waals surface area contributed by atoms with Crippen molar-refractivity contribution in [3.05, 3.63) is 29.8 Å². The average Bonchev–Trinajstić information content (AvgIpc) is 3.19. The second-order valence-electron chi connectivity index (χ2n) is 5.03. The number of hydrogen-bond acceptors (Lipinski definition) is 3. The molecule has 0 aromatic heterocycles. The second kappa shape index (κ2) is 6.01. The first-order valence-corrected chi connectivity index (χ1v) is 6.77. The van der Waals surface area contributed by atoms with Crippen molar-refractivity contribution in [1.29, 1.82) is 0 Å². The predicted molar refractivity (Wildman–Crippen MR) is 71.9 cm³/mol. The summed E-state index contributed by atoms with van der Waals surface area (Å²) in [6.07, 6.45) is 4.77. The molecule has 0 saturated heterocycles. The molecule has 0 atom stereocenters. The van der Waals surface area contributed by atoms with Gasteiger partial charge in [-0.2, -0.15) is 0 Å². The summed E-state index contributed by atoms with van der Waals surface area (Å²) in [5.74, 6) is 0.356. The summed E-state index contributed by atoms with van der Waals surface area (Å²) in [7, 11) is 0. The second-order valence-corrected chi connectivity index (χ2v) is 5.03. The molecule has 0 heterocycles. The molecular weight excluding hydrogens is 226 g/mol. The summed E-state index contributed by atoms with van der Waals surface area (Å²) in [4.78, 5) is 14.4. The van der Waals surface area contributed by atoms with Crippen LogP contribution in [0.2, 0.25) is 0 Å². The van der Waals surface area contributed by atoms with Crippen LogP contribution in [0.4, 0.5) is 0 Å². The summed E-state index contributed by atoms with van der Waals surface area (Å²) < 4.78 is 0. The summed E-state index contributed by atoms with van der Waals surface area (Å²) in [6, 6.07) is 7.16. The number of carbonyl (C=O) groups is 1. The Morgan fingerprint density at radius 3 is 2.56 bits per heavy atom. The van der Waals surface area contributed by atoms with Crippen molar-refractivity contribution >= 4 is 5.78 Å². The fourth-order valence-electron chi connectivity index (χ4n) is 2.11. The van der Waals surface area contributed by atoms with E-state index in [1.54, 1.807) is 24.3 Å². The molecule has 0 aliphatic heterocycles. The zero-order valence-electron chi connectivity index (χ0n) is 10.9. The van der Waals surface area contributed by atoms with Crippen molar-refractivity contribution in [1.82, 2.24) is 4.90 Å². The molecule has 3 heteroatoms. The third kappa shape index (κ3) is 3.57. The van der Waals surface area contributed by atoms with Gasteiger partial charge in [-0.1, -0.05) is 13.3 Å². The van der Waals surface area contributed by atoms with E-state index in [4.69, 9.17) is 0 Å². The summed E-state index contributed by atoms with van der Waals surface area (Å²) in [5.41, 5.74) is 0.690. The van der Waals surface area contributed by atoms with Crippen LogP contribution in [-0.4, -0.2) is 34.9 Å². The van der Waals surface area contributed by atoms with E-state index < -0.39 is 0 Å². The van der Waals surface area contributed by atoms with E-state index in [1.165, 1.54) is 12.8 Å². The molecule has 1 saturated carbocycles. The van der Waals surface area contributed by atoms with Crippen molar-refractivity contribution in [2.45, 2.75) is 38.6 Å². The van der Waals surface area contributed by atoms with Gasteiger partial charge in [0.05, 0.1) is 6.54 Å². The van der Waals surface area contributed by atoms with Gasteiger partial charge in [0.1, 0.15) is 5.75 Å². The third-order valence-corrected chi connectivity index (χ3v) is 3.40. The van der Waals surface area contributed by atoms with Gasteiger partial charge in [-0.3, -0.25) is 9.69 Å². The smallest absolute Gasteiger partial charge is 0.176 e. The molecule has 0 spiro atoms. The largest absolute Gasteiger partial charge is 0.508 e. The number of hydrogen-bond donors (Lipinski definition) is 1. The molecule has 0 amide bonds. The molecule has 0 radical (unpaired) electrons. The number of aromatic hydroxyl groups is 1. The average molecular weight is 247 g/mol. The Morgan fingerprint density at radius 1 is 1.33 bits per heavy atom. The lowest BCUT2D eigenvalue weighted by molar-refractivity contribution is 0.0923. The van der Waals surface area contributed by atoms with E-state index in [0.29, 0.717) is 18.2 Å². The fourth-order valence-corrected chi connectivity index (χ4v) is 2.11. The van der Waals surface area contributed by atoms with E-state index in [2.05, 4.69) is 11.8 Å². The lowest BCUT2D eigenvalue weighted by atomic mass is 10.1. The number of benzene rings is 1. The Morgan fingerprint density at radius 2 is 2.00 bits per heavy atom. The van der Waals surface area contributed by atoms with Crippen LogP contribution in [0.1, 0.15) is 43.0 Å². The minimum absolute atomic E-state index is 0.151. The lowest BCUT2D eigenvalue weighted by Crippen LogP contribution is -2.32. The van der Waals surface area contributed by atoms with Crippen LogP contribution in [0.5, 0.6) is 5.75 Å². The summed E-state index contributed by atoms with van der Waals surface area (Å²) >= 11 is 0. The van der Waals surface area contributed by atoms with Gasteiger partial charge in [0.2, 0.25) is 0 Å². The molecule has 0 unspecified atom stereocenters. The highest BCUT2D eigenvalue weighted by Crippen LogP contribution is 2.27. The van der Waals surface area contributed by atoms with Crippen LogP contribution in [0.15, 0.2) is 24.3 Å². The standard InChI is InChI=1S/C15H21NO2/c1-2-3-10-16(13-6-7-13)11-15(18)12-4-8-14(17)9-5-12/h4-5,8-9,13,17H,2-3,6-7,10-11H2,1H3. The van der Waals surface area contributed by atoms with Crippen molar-refractivity contribution in [3.8, 4) is 5.75 Å². The lowest BCUT2D eigenvalue weighted by Gasteiger charge is -2.20. The van der Waals surface area contributed by atoms with Crippen LogP contribution in [0.25, 0.3) is 0 Å². The van der Waals surface area contributed by atoms with Gasteiger partial charge >= 0.3 is 0 Å². The number of phenols is 1. The van der Waals surface area contributed by atoms with Crippen LogP contribution in [0, 0.1) is 0 Å². The maximum Gasteiger partial charge on any atom is 0.176 e. The molecule has 98 valence electrons. The minimum Gasteiger partial charge on any atom is -0.508 e. The molecular formula is C15H21NO2. The molecule has 1 fully saturated rings. The third-order valence-electron chi connectivity index (χ3n) is 3.40. The maximum atomic E-state index is 12.1. The number of phenolic OH excluding ortho intramolecular Hbond substituents is 1. The van der Waals surface area contributed by atoms with Crippen LogP contribution in [0.3, 0.4) is 0 Å². The minimum atomic E-state index is 0.151. The Balaban J connectivity index is 1.93. The Hall–Kier alpha value is -1.35. The monoisotopic (exact) mass is 247 g/mol. The molecule has 18 heavy (non-hydrogen) atoms. The molecule has 3 nitrogen and oxygen atoms in total. The van der Waals surface area contributed by atoms with Gasteiger partial charge in [-0.15, -0.1) is 0 Å². The Bertz CT molecular complexity index is 395. The highest BCUT2D eigenvalue weighted by atomic mass is 16.3. The van der Waals surface area contributed by atoms with Gasteiger partial charge < -0.3 is 5.11 Å². The van der Waals surface area contributed by atoms with E-state index in [0.717, 1.165) is 19.4 Å². The highest BCUT2D eigenvalue weighted by Gasteiger charge is 2.29. The van der Waals surface area contributed by atoms with Crippen LogP contribution < -0.4 is 0 Å². The Labute approximate surface area is 108 Å². The number of rotatable bonds is 7. The topological polar surface area (TPSA) is 40.5 Å². The number of Topliss-reactive ketones (excluding diaryl/α,β-unsaturated/α-hetero) is 1. The predicted octanol–water partition coefficient (Wildman–Crippen LogP) is 2.84. The molecule has 1 aromatic rings. The normalized spacial score (nSPS) is 15.0. The van der Waals surface area contributed by atoms with Crippen molar-refractivity contribution in [2.24, 2.45) is 0 Å². The van der Waals surface area contributed by atoms with E-state index in [-0.39, 0.29) is 11.5 Å². The van der Waals surface area contributed by atoms with Crippen molar-refractivity contribution < 1.29 is 9.90 Å². The van der Waals surface area contributed by atoms with E-state index in [9.17, 15) is 9.90 Å². The Kier molecular flexibility index (Phi) is 4.37. The quantitative estimate of drug-likeness (QED) is 0.753. The number of unbranched alkanes of at least 4 members (excludes halogenated alkanes) is 1. The molecule has 1 aliphatic carbocycles. The molecule has 2 rings (SSSR count). The van der Waals surface area contributed by atoms with Crippen molar-refractivity contribution in [2.75, 3.05) is 13.1 Å². The number of nitrogens with zero attached hydrogens (tertiary/aromatic N) is 1. The highest BCUT2D eigenvalue weighted by molar-refractivity contribution is 5.97. The first-order valence-electron chi connectivity index (χ1n) is 6.77. The van der Waals surface area contributed by atoms with Gasteiger partial charge in [0.15, 0.2) is 5.78 Å². The fraction of sp³-hybridized carbons (Fsp3) is 0.533. The zero-order valence-corrected chi connectivity index (χ0v) is 10.9. The van der Waals surface area contributed by atoms with Crippen LogP contribution in [-0.2, 0) is 0 Å². The summed E-state index contributed by atoms with van der Waals surface area (Å²) in [5, 5.41) is 9.21. The van der Waals surface area contributed by atoms with Gasteiger partial charge in [0, 0.05) is 11.6 Å². The van der Waals surface area contributed by atoms with Crippen molar-refractivity contribution in [3.63, 3.8) is 0 Å². The number of carbonyl (C=O) groups excluding carboxylic acids is 1. The van der Waals surface area contributed by atoms with Gasteiger partial charge in [-0.05, 0) is 50.1 Å². The molecule has 1 aromatic carbocycles. The van der Waals surface area contributed by atoms with E-state index >= 15 is 0 Å². The maximum absolute atomic E-state index is 12.1. The molecule has 1 aliphatic rings. The van der Waals surface area contributed by atoms with Gasteiger partial charge in [-0.25, -0.2) is 0 Å².